The Kier molecular flexibility index (Phi) is 4.39. The van der Waals surface area contributed by atoms with Crippen LogP contribution in [0, 0.1) is 0 Å². The topological polar surface area (TPSA) is 0 Å². The van der Waals surface area contributed by atoms with E-state index < -0.39 is 0 Å². The van der Waals surface area contributed by atoms with Crippen LogP contribution in [0.1, 0.15) is 20.3 Å². The molecule has 0 amide bonds. The fourth-order valence-electron chi connectivity index (χ4n) is 0.325. The molecule has 0 saturated heterocycles. The molecule has 0 saturated carbocycles. The Balaban J connectivity index is 3.29. The lowest BCUT2D eigenvalue weighted by Gasteiger charge is -1.93. The van der Waals surface area contributed by atoms with Gasteiger partial charge in [-0.1, -0.05) is 17.7 Å². The van der Waals surface area contributed by atoms with Crippen LogP contribution < -0.4 is 0 Å². The highest BCUT2D eigenvalue weighted by atomic mass is 35.5. The predicted octanol–water partition coefficient (Wildman–Crippen LogP) is 3.15. The fourth-order valence-corrected chi connectivity index (χ4v) is 0.503. The summed E-state index contributed by atoms with van der Waals surface area (Å²) in [5.41, 5.74) is 0. The van der Waals surface area contributed by atoms with Crippen LogP contribution in [0.25, 0.3) is 0 Å². The third-order valence-electron chi connectivity index (χ3n) is 0.724. The molecule has 0 aromatic rings. The van der Waals surface area contributed by atoms with Gasteiger partial charge >= 0.3 is 0 Å². The summed E-state index contributed by atoms with van der Waals surface area (Å²) in [6, 6.07) is 0. The van der Waals surface area contributed by atoms with E-state index in [4.69, 9.17) is 23.2 Å². The molecule has 0 spiro atoms. The van der Waals surface area contributed by atoms with Crippen molar-refractivity contribution in [2.45, 2.75) is 25.6 Å². The van der Waals surface area contributed by atoms with E-state index in [1.807, 2.05) is 19.9 Å². The number of hydrogen-bond donors (Lipinski definition) is 0. The van der Waals surface area contributed by atoms with Gasteiger partial charge in [0.2, 0.25) is 0 Å². The van der Waals surface area contributed by atoms with Gasteiger partial charge in [0.25, 0.3) is 0 Å². The fraction of sp³-hybridized carbons (Fsp3) is 0.667. The molecule has 2 heteroatoms. The summed E-state index contributed by atoms with van der Waals surface area (Å²) in [4.78, 5) is 0. The summed E-state index contributed by atoms with van der Waals surface area (Å²) in [7, 11) is 0. The van der Waals surface area contributed by atoms with Crippen LogP contribution in [0.5, 0.6) is 0 Å². The molecule has 0 nitrogen and oxygen atoms in total. The zero-order chi connectivity index (χ0) is 6.57. The number of hydrogen-bond acceptors (Lipinski definition) is 0. The molecule has 0 N–H and O–H groups in total. The Hall–Kier alpha value is 0.320. The number of allylic oxidation sites excluding steroid dienone is 2. The van der Waals surface area contributed by atoms with Gasteiger partial charge < -0.3 is 0 Å². The molecule has 48 valence electrons. The predicted molar refractivity (Wildman–Crippen MR) is 39.5 cm³/mol. The second-order valence-electron chi connectivity index (χ2n) is 1.81. The van der Waals surface area contributed by atoms with E-state index in [0.29, 0.717) is 0 Å². The van der Waals surface area contributed by atoms with Gasteiger partial charge in [-0.05, 0) is 20.3 Å². The van der Waals surface area contributed by atoms with Crippen molar-refractivity contribution in [3.05, 3.63) is 11.1 Å². The molecule has 0 bridgehead atoms. The second kappa shape index (κ2) is 4.22. The first kappa shape index (κ1) is 8.32. The van der Waals surface area contributed by atoms with E-state index in [1.54, 1.807) is 0 Å². The normalized spacial score (nSPS) is 16.2. The minimum Gasteiger partial charge on any atom is -0.123 e. The molecular formula is C6H10Cl2. The van der Waals surface area contributed by atoms with Crippen LogP contribution in [0.15, 0.2) is 11.1 Å². The first-order valence-corrected chi connectivity index (χ1v) is 3.40. The Bertz CT molecular complexity index is 80.5. The molecule has 8 heavy (non-hydrogen) atoms. The Morgan fingerprint density at radius 2 is 2.25 bits per heavy atom. The molecule has 1 atom stereocenters. The van der Waals surface area contributed by atoms with Gasteiger partial charge in [0, 0.05) is 10.4 Å². The third kappa shape index (κ3) is 6.32. The molecule has 0 rings (SSSR count). The Labute approximate surface area is 60.5 Å². The SMILES string of the molecule is CC(Cl)=CCC(C)Cl. The summed E-state index contributed by atoms with van der Waals surface area (Å²) in [6.45, 7) is 3.79. The van der Waals surface area contributed by atoms with E-state index in [2.05, 4.69) is 0 Å². The summed E-state index contributed by atoms with van der Waals surface area (Å²) in [5.74, 6) is 0. The quantitative estimate of drug-likeness (QED) is 0.534. The van der Waals surface area contributed by atoms with Gasteiger partial charge in [-0.3, -0.25) is 0 Å². The van der Waals surface area contributed by atoms with Gasteiger partial charge in [0.15, 0.2) is 0 Å². The average Bonchev–Trinajstić information content (AvgIpc) is 1.61. The molecule has 0 radical (unpaired) electrons. The van der Waals surface area contributed by atoms with E-state index in [0.717, 1.165) is 11.5 Å². The summed E-state index contributed by atoms with van der Waals surface area (Å²) < 4.78 is 0. The zero-order valence-electron chi connectivity index (χ0n) is 5.12. The molecule has 0 aromatic heterocycles. The van der Waals surface area contributed by atoms with Gasteiger partial charge in [0.1, 0.15) is 0 Å². The molecule has 0 aliphatic heterocycles. The maximum absolute atomic E-state index is 5.62. The monoisotopic (exact) mass is 152 g/mol. The highest BCUT2D eigenvalue weighted by molar-refractivity contribution is 6.29. The summed E-state index contributed by atoms with van der Waals surface area (Å²) >= 11 is 11.1. The highest BCUT2D eigenvalue weighted by Gasteiger charge is 1.90. The maximum atomic E-state index is 5.62. The lowest BCUT2D eigenvalue weighted by atomic mass is 10.3. The Morgan fingerprint density at radius 1 is 1.75 bits per heavy atom. The molecule has 0 aromatic carbocycles. The maximum Gasteiger partial charge on any atom is 0.0342 e. The van der Waals surface area contributed by atoms with Crippen LogP contribution >= 0.6 is 23.2 Å². The lowest BCUT2D eigenvalue weighted by Crippen LogP contribution is -1.85. The largest absolute Gasteiger partial charge is 0.123 e. The van der Waals surface area contributed by atoms with Crippen LogP contribution in [-0.4, -0.2) is 5.38 Å². The third-order valence-corrected chi connectivity index (χ3v) is 1.06. The van der Waals surface area contributed by atoms with Crippen molar-refractivity contribution in [1.29, 1.82) is 0 Å². The van der Waals surface area contributed by atoms with Crippen molar-refractivity contribution in [2.24, 2.45) is 0 Å². The van der Waals surface area contributed by atoms with E-state index in [9.17, 15) is 0 Å². The van der Waals surface area contributed by atoms with Crippen molar-refractivity contribution >= 4 is 23.2 Å². The van der Waals surface area contributed by atoms with Crippen molar-refractivity contribution in [3.8, 4) is 0 Å². The minimum absolute atomic E-state index is 0.198. The van der Waals surface area contributed by atoms with Gasteiger partial charge in [0.05, 0.1) is 0 Å². The minimum atomic E-state index is 0.198. The van der Waals surface area contributed by atoms with Gasteiger partial charge in [-0.2, -0.15) is 0 Å². The van der Waals surface area contributed by atoms with Gasteiger partial charge in [-0.25, -0.2) is 0 Å². The van der Waals surface area contributed by atoms with E-state index in [1.165, 1.54) is 0 Å². The first-order chi connectivity index (χ1) is 3.63. The highest BCUT2D eigenvalue weighted by Crippen LogP contribution is 2.05. The van der Waals surface area contributed by atoms with E-state index in [-0.39, 0.29) is 5.38 Å². The summed E-state index contributed by atoms with van der Waals surface area (Å²) in [6.07, 6.45) is 2.77. The van der Waals surface area contributed by atoms with Crippen molar-refractivity contribution in [1.82, 2.24) is 0 Å². The van der Waals surface area contributed by atoms with Gasteiger partial charge in [-0.15, -0.1) is 11.6 Å². The Morgan fingerprint density at radius 3 is 2.38 bits per heavy atom. The summed E-state index contributed by atoms with van der Waals surface area (Å²) in [5, 5.41) is 1.02. The lowest BCUT2D eigenvalue weighted by molar-refractivity contribution is 0.965. The first-order valence-electron chi connectivity index (χ1n) is 2.59. The number of alkyl halides is 1. The van der Waals surface area contributed by atoms with Crippen LogP contribution in [0.3, 0.4) is 0 Å². The van der Waals surface area contributed by atoms with Crippen LogP contribution in [-0.2, 0) is 0 Å². The smallest absolute Gasteiger partial charge is 0.0342 e. The number of halogens is 2. The van der Waals surface area contributed by atoms with Crippen molar-refractivity contribution in [3.63, 3.8) is 0 Å². The average molecular weight is 153 g/mol. The van der Waals surface area contributed by atoms with Crippen molar-refractivity contribution < 1.29 is 0 Å². The van der Waals surface area contributed by atoms with Crippen molar-refractivity contribution in [2.75, 3.05) is 0 Å². The molecule has 0 heterocycles. The molecule has 0 aliphatic rings. The molecule has 1 unspecified atom stereocenters. The molecule has 0 fully saturated rings. The standard InChI is InChI=1S/C6H10Cl2/c1-5(7)3-4-6(2)8/h3,6H,4H2,1-2H3. The zero-order valence-corrected chi connectivity index (χ0v) is 6.63. The number of rotatable bonds is 2. The molecular weight excluding hydrogens is 143 g/mol. The second-order valence-corrected chi connectivity index (χ2v) is 3.15. The van der Waals surface area contributed by atoms with Crippen LogP contribution in [0.2, 0.25) is 0 Å². The molecule has 0 aliphatic carbocycles. The van der Waals surface area contributed by atoms with Crippen LogP contribution in [0.4, 0.5) is 0 Å². The van der Waals surface area contributed by atoms with E-state index >= 15 is 0 Å².